The molecule has 3 heteroatoms. The van der Waals surface area contributed by atoms with Crippen molar-refractivity contribution in [1.29, 1.82) is 0 Å². The first-order valence-corrected chi connectivity index (χ1v) is 5.01. The Morgan fingerprint density at radius 2 is 2.15 bits per heavy atom. The lowest BCUT2D eigenvalue weighted by Crippen LogP contribution is -1.92. The van der Waals surface area contributed by atoms with Crippen LogP contribution in [0, 0.1) is 0 Å². The van der Waals surface area contributed by atoms with Gasteiger partial charge in [0.15, 0.2) is 0 Å². The first-order chi connectivity index (χ1) is 6.36. The van der Waals surface area contributed by atoms with Crippen LogP contribution in [-0.4, -0.2) is 16.0 Å². The minimum absolute atomic E-state index is 0.0158. The molecule has 0 amide bonds. The summed E-state index contributed by atoms with van der Waals surface area (Å²) in [6.07, 6.45) is 4.98. The second kappa shape index (κ2) is 5.95. The van der Waals surface area contributed by atoms with Crippen molar-refractivity contribution in [1.82, 2.24) is 4.98 Å². The van der Waals surface area contributed by atoms with E-state index >= 15 is 0 Å². The van der Waals surface area contributed by atoms with Gasteiger partial charge in [-0.05, 0) is 30.9 Å². The van der Waals surface area contributed by atoms with Gasteiger partial charge in [0.25, 0.3) is 0 Å². The van der Waals surface area contributed by atoms with Gasteiger partial charge < -0.3 is 5.11 Å². The molecule has 1 rings (SSSR count). The van der Waals surface area contributed by atoms with Crippen molar-refractivity contribution in [3.05, 3.63) is 29.6 Å². The summed E-state index contributed by atoms with van der Waals surface area (Å²) in [6.45, 7) is 0.0158. The third-order valence-corrected chi connectivity index (χ3v) is 2.16. The first kappa shape index (κ1) is 10.5. The molecule has 0 aromatic carbocycles. The van der Waals surface area contributed by atoms with Crippen LogP contribution in [0.1, 0.15) is 24.1 Å². The van der Waals surface area contributed by atoms with E-state index in [0.29, 0.717) is 0 Å². The molecule has 1 aromatic rings. The molecule has 1 heterocycles. The molecule has 0 bridgehead atoms. The molecular weight excluding hydrogens is 186 g/mol. The summed E-state index contributed by atoms with van der Waals surface area (Å²) in [7, 11) is 0. The van der Waals surface area contributed by atoms with E-state index in [1.807, 2.05) is 18.3 Å². The van der Waals surface area contributed by atoms with Crippen LogP contribution >= 0.6 is 11.6 Å². The van der Waals surface area contributed by atoms with Crippen LogP contribution in [0.25, 0.3) is 0 Å². The van der Waals surface area contributed by atoms with Gasteiger partial charge >= 0.3 is 0 Å². The number of pyridine rings is 1. The van der Waals surface area contributed by atoms with Crippen LogP contribution in [0.3, 0.4) is 0 Å². The molecule has 0 atom stereocenters. The number of aryl methyl sites for hydroxylation is 1. The lowest BCUT2D eigenvalue weighted by molar-refractivity contribution is 0.277. The summed E-state index contributed by atoms with van der Waals surface area (Å²) in [5.41, 5.74) is 1.93. The second-order valence-electron chi connectivity index (χ2n) is 2.96. The highest BCUT2D eigenvalue weighted by molar-refractivity contribution is 6.17. The SMILES string of the molecule is OCc1ccc(CCCCCl)cn1. The van der Waals surface area contributed by atoms with Crippen molar-refractivity contribution in [2.75, 3.05) is 5.88 Å². The van der Waals surface area contributed by atoms with Crippen LogP contribution in [0.15, 0.2) is 18.3 Å². The van der Waals surface area contributed by atoms with Crippen LogP contribution in [-0.2, 0) is 13.0 Å². The van der Waals surface area contributed by atoms with E-state index in [2.05, 4.69) is 4.98 Å². The zero-order chi connectivity index (χ0) is 9.52. The number of halogens is 1. The van der Waals surface area contributed by atoms with Crippen molar-refractivity contribution >= 4 is 11.6 Å². The molecule has 2 nitrogen and oxygen atoms in total. The number of hydrogen-bond donors (Lipinski definition) is 1. The fraction of sp³-hybridized carbons (Fsp3) is 0.500. The number of unbranched alkanes of at least 4 members (excludes halogenated alkanes) is 1. The molecule has 13 heavy (non-hydrogen) atoms. The lowest BCUT2D eigenvalue weighted by atomic mass is 10.1. The molecule has 0 saturated carbocycles. The fourth-order valence-electron chi connectivity index (χ4n) is 1.12. The van der Waals surface area contributed by atoms with Crippen LogP contribution < -0.4 is 0 Å². The van der Waals surface area contributed by atoms with Gasteiger partial charge in [-0.1, -0.05) is 6.07 Å². The second-order valence-corrected chi connectivity index (χ2v) is 3.34. The standard InChI is InChI=1S/C10H14ClNO/c11-6-2-1-3-9-4-5-10(8-13)12-7-9/h4-5,7,13H,1-3,6,8H2. The molecule has 0 radical (unpaired) electrons. The Hall–Kier alpha value is -0.600. The maximum Gasteiger partial charge on any atom is 0.0852 e. The summed E-state index contributed by atoms with van der Waals surface area (Å²) in [5, 5.41) is 8.76. The first-order valence-electron chi connectivity index (χ1n) is 4.47. The lowest BCUT2D eigenvalue weighted by Gasteiger charge is -2.00. The molecule has 0 aliphatic rings. The topological polar surface area (TPSA) is 33.1 Å². The largest absolute Gasteiger partial charge is 0.390 e. The molecule has 72 valence electrons. The fourth-order valence-corrected chi connectivity index (χ4v) is 1.31. The predicted octanol–water partition coefficient (Wildman–Crippen LogP) is 2.14. The number of rotatable bonds is 5. The van der Waals surface area contributed by atoms with Gasteiger partial charge in [-0.3, -0.25) is 4.98 Å². The molecule has 0 aliphatic heterocycles. The highest BCUT2D eigenvalue weighted by Gasteiger charge is 1.94. The van der Waals surface area contributed by atoms with E-state index in [1.54, 1.807) is 0 Å². The molecule has 0 fully saturated rings. The summed E-state index contributed by atoms with van der Waals surface area (Å²) < 4.78 is 0. The van der Waals surface area contributed by atoms with Crippen LogP contribution in [0.5, 0.6) is 0 Å². The monoisotopic (exact) mass is 199 g/mol. The van der Waals surface area contributed by atoms with Crippen molar-refractivity contribution in [2.45, 2.75) is 25.9 Å². The predicted molar refractivity (Wildman–Crippen MR) is 53.8 cm³/mol. The normalized spacial score (nSPS) is 10.3. The van der Waals surface area contributed by atoms with Crippen molar-refractivity contribution in [3.8, 4) is 0 Å². The van der Waals surface area contributed by atoms with Gasteiger partial charge in [0.2, 0.25) is 0 Å². The summed E-state index contributed by atoms with van der Waals surface area (Å²) in [5.74, 6) is 0.724. The third-order valence-electron chi connectivity index (χ3n) is 1.90. The zero-order valence-corrected chi connectivity index (χ0v) is 8.30. The molecule has 0 saturated heterocycles. The minimum atomic E-state index is 0.0158. The third kappa shape index (κ3) is 3.75. The van der Waals surface area contributed by atoms with Crippen molar-refractivity contribution in [2.24, 2.45) is 0 Å². The molecule has 1 N–H and O–H groups in total. The average molecular weight is 200 g/mol. The Labute approximate surface area is 83.6 Å². The van der Waals surface area contributed by atoms with E-state index in [4.69, 9.17) is 16.7 Å². The quantitative estimate of drug-likeness (QED) is 0.582. The number of aliphatic hydroxyl groups is 1. The Kier molecular flexibility index (Phi) is 4.79. The van der Waals surface area contributed by atoms with Gasteiger partial charge in [0, 0.05) is 12.1 Å². The van der Waals surface area contributed by atoms with Gasteiger partial charge in [-0.2, -0.15) is 0 Å². The van der Waals surface area contributed by atoms with Gasteiger partial charge in [0.05, 0.1) is 12.3 Å². The number of aromatic nitrogens is 1. The molecule has 1 aromatic heterocycles. The number of aliphatic hydroxyl groups excluding tert-OH is 1. The van der Waals surface area contributed by atoms with Gasteiger partial charge in [-0.15, -0.1) is 11.6 Å². The molecule has 0 aliphatic carbocycles. The van der Waals surface area contributed by atoms with E-state index in [9.17, 15) is 0 Å². The summed E-state index contributed by atoms with van der Waals surface area (Å²) >= 11 is 5.57. The summed E-state index contributed by atoms with van der Waals surface area (Å²) in [4.78, 5) is 4.09. The zero-order valence-electron chi connectivity index (χ0n) is 7.54. The Morgan fingerprint density at radius 3 is 2.69 bits per heavy atom. The van der Waals surface area contributed by atoms with Gasteiger partial charge in [0.1, 0.15) is 0 Å². The Morgan fingerprint density at radius 1 is 1.31 bits per heavy atom. The number of alkyl halides is 1. The van der Waals surface area contributed by atoms with E-state index < -0.39 is 0 Å². The average Bonchev–Trinajstić information content (AvgIpc) is 2.19. The molecular formula is C10H14ClNO. The maximum absolute atomic E-state index is 8.76. The van der Waals surface area contributed by atoms with Crippen LogP contribution in [0.2, 0.25) is 0 Å². The van der Waals surface area contributed by atoms with Gasteiger partial charge in [-0.25, -0.2) is 0 Å². The summed E-state index contributed by atoms with van der Waals surface area (Å²) in [6, 6.07) is 3.86. The van der Waals surface area contributed by atoms with E-state index in [-0.39, 0.29) is 6.61 Å². The number of nitrogens with zero attached hydrogens (tertiary/aromatic N) is 1. The maximum atomic E-state index is 8.76. The van der Waals surface area contributed by atoms with Crippen molar-refractivity contribution in [3.63, 3.8) is 0 Å². The molecule has 0 spiro atoms. The Bertz CT molecular complexity index is 235. The minimum Gasteiger partial charge on any atom is -0.390 e. The highest BCUT2D eigenvalue weighted by Crippen LogP contribution is 2.05. The highest BCUT2D eigenvalue weighted by atomic mass is 35.5. The smallest absolute Gasteiger partial charge is 0.0852 e. The van der Waals surface area contributed by atoms with Crippen LogP contribution in [0.4, 0.5) is 0 Å². The van der Waals surface area contributed by atoms with E-state index in [0.717, 1.165) is 30.8 Å². The Balaban J connectivity index is 2.40. The van der Waals surface area contributed by atoms with E-state index in [1.165, 1.54) is 5.56 Å². The molecule has 0 unspecified atom stereocenters. The number of hydrogen-bond acceptors (Lipinski definition) is 2. The van der Waals surface area contributed by atoms with Crippen molar-refractivity contribution < 1.29 is 5.11 Å².